The van der Waals surface area contributed by atoms with Crippen LogP contribution in [0.2, 0.25) is 5.02 Å². The lowest BCUT2D eigenvalue weighted by Gasteiger charge is -2.30. The van der Waals surface area contributed by atoms with Gasteiger partial charge >= 0.3 is 0 Å². The van der Waals surface area contributed by atoms with Crippen LogP contribution in [0.5, 0.6) is 0 Å². The lowest BCUT2D eigenvalue weighted by atomic mass is 10.0. The summed E-state index contributed by atoms with van der Waals surface area (Å²) < 4.78 is 10.2. The maximum atomic E-state index is 10.2. The summed E-state index contributed by atoms with van der Waals surface area (Å²) in [6.45, 7) is 0.987. The van der Waals surface area contributed by atoms with E-state index in [9.17, 15) is 4.57 Å². The van der Waals surface area contributed by atoms with Crippen LogP contribution in [0, 0.1) is 12.8 Å². The first-order valence-corrected chi connectivity index (χ1v) is 10.4. The third kappa shape index (κ3) is 6.76. The van der Waals surface area contributed by atoms with Crippen molar-refractivity contribution in [2.45, 2.75) is 25.0 Å². The Hall–Kier alpha value is -2.58. The molecule has 1 unspecified atom stereocenters. The molecule has 0 spiro atoms. The first-order valence-electron chi connectivity index (χ1n) is 9.19. The van der Waals surface area contributed by atoms with E-state index < -0.39 is 0 Å². The fraction of sp³-hybridized carbons (Fsp3) is 0.286. The molecule has 0 radical (unpaired) electrons. The number of benzene rings is 2. The van der Waals surface area contributed by atoms with Gasteiger partial charge in [-0.2, -0.15) is 5.10 Å². The van der Waals surface area contributed by atoms with Crippen molar-refractivity contribution < 1.29 is 4.57 Å². The van der Waals surface area contributed by atoms with Gasteiger partial charge in [-0.15, -0.1) is 12.8 Å². The van der Waals surface area contributed by atoms with E-state index in [2.05, 4.69) is 63.6 Å². The molecule has 2 aromatic carbocycles. The van der Waals surface area contributed by atoms with Crippen LogP contribution in [-0.4, -0.2) is 31.5 Å². The topological polar surface area (TPSA) is 77.6 Å². The van der Waals surface area contributed by atoms with Gasteiger partial charge in [0.25, 0.3) is 0 Å². The Bertz CT molecular complexity index is 815. The van der Waals surface area contributed by atoms with Crippen LogP contribution >= 0.6 is 20.1 Å². The molecule has 4 N–H and O–H groups in total. The summed E-state index contributed by atoms with van der Waals surface area (Å²) in [4.78, 5) is 0. The average molecular weight is 430 g/mol. The lowest BCUT2D eigenvalue weighted by Crippen LogP contribution is -2.50. The van der Waals surface area contributed by atoms with Gasteiger partial charge in [0.1, 0.15) is 6.17 Å². The molecule has 2 aromatic rings. The Morgan fingerprint density at radius 3 is 2.28 bits per heavy atom. The van der Waals surface area contributed by atoms with Gasteiger partial charge in [-0.1, -0.05) is 23.7 Å². The maximum Gasteiger partial charge on any atom is 0.192 e. The molecule has 29 heavy (non-hydrogen) atoms. The van der Waals surface area contributed by atoms with Crippen LogP contribution < -0.4 is 26.7 Å². The van der Waals surface area contributed by atoms with E-state index in [1.165, 1.54) is 17.1 Å². The quantitative estimate of drug-likeness (QED) is 0.340. The Morgan fingerprint density at radius 2 is 1.72 bits per heavy atom. The fourth-order valence-electron chi connectivity index (χ4n) is 3.13. The van der Waals surface area contributed by atoms with E-state index in [0.717, 1.165) is 24.7 Å². The second kappa shape index (κ2) is 12.1. The van der Waals surface area contributed by atoms with Gasteiger partial charge < -0.3 is 21.4 Å². The average Bonchev–Trinajstić information content (AvgIpc) is 3.21. The van der Waals surface area contributed by atoms with Crippen LogP contribution in [0.25, 0.3) is 0 Å². The fourth-order valence-corrected chi connectivity index (χ4v) is 3.53. The molecule has 0 amide bonds. The Balaban J connectivity index is 0.000000231. The number of hydrazone groups is 1. The zero-order valence-electron chi connectivity index (χ0n) is 16.2. The van der Waals surface area contributed by atoms with Crippen molar-refractivity contribution in [1.29, 1.82) is 0 Å². The van der Waals surface area contributed by atoms with Gasteiger partial charge in [0.05, 0.1) is 17.4 Å². The minimum atomic E-state index is 0.0433. The number of halogens is 1. The molecule has 0 saturated carbocycles. The van der Waals surface area contributed by atoms with Crippen molar-refractivity contribution >= 4 is 42.5 Å². The van der Waals surface area contributed by atoms with Crippen LogP contribution in [-0.2, 0) is 4.57 Å². The number of piperidine rings is 1. The monoisotopic (exact) mass is 429 g/mol. The number of anilines is 2. The summed E-state index contributed by atoms with van der Waals surface area (Å²) in [6, 6.07) is 15.5. The van der Waals surface area contributed by atoms with E-state index in [1.54, 1.807) is 24.3 Å². The molecule has 1 fully saturated rings. The van der Waals surface area contributed by atoms with Crippen molar-refractivity contribution in [3.05, 3.63) is 53.6 Å². The van der Waals surface area contributed by atoms with E-state index >= 15 is 0 Å². The standard InChI is InChI=1S/C13H19N5.C6H4ClOP.C2H2/c1-14-18-9-6-7-15-12(8-9)13-16-10-4-2-3-5-11(10)17-13;7-5-1-3-6(9-8)4-2-5;1-2/h2-5,12-17H,6-8H2,1H3;1-4H;1-2H/b18-9-;;. The first kappa shape index (κ1) is 22.7. The van der Waals surface area contributed by atoms with Gasteiger partial charge in [-0.25, -0.2) is 0 Å². The predicted molar refractivity (Wildman–Crippen MR) is 124 cm³/mol. The zero-order valence-corrected chi connectivity index (χ0v) is 17.9. The summed E-state index contributed by atoms with van der Waals surface area (Å²) in [7, 11) is 1.90. The summed E-state index contributed by atoms with van der Waals surface area (Å²) in [6.07, 6.45) is 10.2. The highest BCUT2D eigenvalue weighted by molar-refractivity contribution is 7.34. The van der Waals surface area contributed by atoms with Crippen LogP contribution in [0.1, 0.15) is 12.8 Å². The Kier molecular flexibility index (Phi) is 9.46. The second-order valence-corrected chi connectivity index (χ2v) is 7.43. The number of para-hydroxylation sites is 2. The zero-order chi connectivity index (χ0) is 21.1. The Labute approximate surface area is 178 Å². The van der Waals surface area contributed by atoms with Crippen LogP contribution in [0.15, 0.2) is 53.6 Å². The number of hydrogen-bond donors (Lipinski definition) is 4. The number of nitrogens with one attached hydrogen (secondary N) is 4. The molecule has 2 aliphatic rings. The highest BCUT2D eigenvalue weighted by Crippen LogP contribution is 2.30. The summed E-state index contributed by atoms with van der Waals surface area (Å²) in [5, 5.41) is 16.3. The molecule has 0 bridgehead atoms. The molecule has 0 aliphatic carbocycles. The van der Waals surface area contributed by atoms with Crippen LogP contribution in [0.4, 0.5) is 11.4 Å². The SMILES string of the molecule is C#C.CN/N=C1/CCNC(C2Nc3ccccc3N2)C1.O=Pc1ccc(Cl)cc1. The van der Waals surface area contributed by atoms with Crippen LogP contribution in [0.3, 0.4) is 0 Å². The van der Waals surface area contributed by atoms with Crippen molar-refractivity contribution in [2.75, 3.05) is 24.2 Å². The molecule has 6 nitrogen and oxygen atoms in total. The lowest BCUT2D eigenvalue weighted by molar-refractivity contribution is 0.469. The molecule has 2 heterocycles. The number of hydrogen-bond acceptors (Lipinski definition) is 6. The van der Waals surface area contributed by atoms with E-state index in [4.69, 9.17) is 11.6 Å². The number of fused-ring (bicyclic) bond motifs is 1. The third-order valence-corrected chi connectivity index (χ3v) is 5.19. The Morgan fingerprint density at radius 1 is 1.10 bits per heavy atom. The molecule has 4 rings (SSSR count). The van der Waals surface area contributed by atoms with Crippen molar-refractivity contribution in [1.82, 2.24) is 10.7 Å². The molecule has 2 aliphatic heterocycles. The minimum Gasteiger partial charge on any atom is -0.362 e. The number of nitrogens with zero attached hydrogens (tertiary/aromatic N) is 1. The summed E-state index contributed by atoms with van der Waals surface area (Å²) >= 11 is 5.56. The molecule has 8 heteroatoms. The van der Waals surface area contributed by atoms with Crippen molar-refractivity contribution in [2.24, 2.45) is 5.10 Å². The van der Waals surface area contributed by atoms with Gasteiger partial charge in [0, 0.05) is 42.5 Å². The highest BCUT2D eigenvalue weighted by atomic mass is 35.5. The first-order chi connectivity index (χ1) is 14.2. The molecule has 1 atom stereocenters. The number of terminal acetylenes is 1. The largest absolute Gasteiger partial charge is 0.362 e. The van der Waals surface area contributed by atoms with Gasteiger partial charge in [0.2, 0.25) is 0 Å². The highest BCUT2D eigenvalue weighted by Gasteiger charge is 2.30. The molecular formula is C21H25ClN5OP. The molecule has 1 saturated heterocycles. The summed E-state index contributed by atoms with van der Waals surface area (Å²) in [5.41, 5.74) is 6.49. The maximum absolute atomic E-state index is 10.2. The smallest absolute Gasteiger partial charge is 0.192 e. The third-order valence-electron chi connectivity index (χ3n) is 4.43. The van der Waals surface area contributed by atoms with Gasteiger partial charge in [-0.3, -0.25) is 4.57 Å². The van der Waals surface area contributed by atoms with Gasteiger partial charge in [-0.05, 0) is 36.4 Å². The predicted octanol–water partition coefficient (Wildman–Crippen LogP) is 3.68. The van der Waals surface area contributed by atoms with Gasteiger partial charge in [0.15, 0.2) is 8.46 Å². The molecule has 0 aromatic heterocycles. The summed E-state index contributed by atoms with van der Waals surface area (Å²) in [5.74, 6) is 0. The molecular weight excluding hydrogens is 405 g/mol. The van der Waals surface area contributed by atoms with E-state index in [1.807, 2.05) is 7.05 Å². The van der Waals surface area contributed by atoms with Crippen molar-refractivity contribution in [3.63, 3.8) is 0 Å². The minimum absolute atomic E-state index is 0.0433. The second-order valence-electron chi connectivity index (χ2n) is 6.30. The van der Waals surface area contributed by atoms with E-state index in [0.29, 0.717) is 11.1 Å². The number of rotatable bonds is 3. The van der Waals surface area contributed by atoms with E-state index in [-0.39, 0.29) is 14.6 Å². The van der Waals surface area contributed by atoms with Crippen molar-refractivity contribution in [3.8, 4) is 12.8 Å². The normalized spacial score (nSPS) is 18.9. The molecule has 152 valence electrons.